The number of nitriles is 1. The molecule has 1 fully saturated rings. The van der Waals surface area contributed by atoms with E-state index in [1.807, 2.05) is 13.0 Å². The lowest BCUT2D eigenvalue weighted by atomic mass is 10.1. The van der Waals surface area contributed by atoms with E-state index >= 15 is 0 Å². The molecule has 0 saturated heterocycles. The lowest BCUT2D eigenvalue weighted by Crippen LogP contribution is -2.20. The quantitative estimate of drug-likeness (QED) is 0.665. The highest BCUT2D eigenvalue weighted by Crippen LogP contribution is 2.46. The molecule has 2 atom stereocenters. The van der Waals surface area contributed by atoms with E-state index in [2.05, 4.69) is 16.2 Å². The van der Waals surface area contributed by atoms with Gasteiger partial charge in [0.15, 0.2) is 5.69 Å². The van der Waals surface area contributed by atoms with Gasteiger partial charge >= 0.3 is 6.18 Å². The predicted molar refractivity (Wildman–Crippen MR) is 94.0 cm³/mol. The Bertz CT molecular complexity index is 1190. The first-order chi connectivity index (χ1) is 13.2. The smallest absolute Gasteiger partial charge is 0.269 e. The molecule has 0 aliphatic heterocycles. The molecule has 1 aliphatic carbocycles. The van der Waals surface area contributed by atoms with Crippen molar-refractivity contribution in [3.8, 4) is 6.07 Å². The van der Waals surface area contributed by atoms with Gasteiger partial charge in [0.1, 0.15) is 10.8 Å². The fourth-order valence-corrected chi connectivity index (χ4v) is 3.47. The van der Waals surface area contributed by atoms with Crippen LogP contribution in [-0.4, -0.2) is 19.2 Å². The monoisotopic (exact) mass is 407 g/mol. The van der Waals surface area contributed by atoms with Gasteiger partial charge in [0.05, 0.1) is 24.2 Å². The molecule has 1 saturated carbocycles. The Morgan fingerprint density at radius 3 is 2.68 bits per heavy atom. The Kier molecular flexibility index (Phi) is 4.19. The molecule has 0 amide bonds. The van der Waals surface area contributed by atoms with E-state index in [4.69, 9.17) is 16.9 Å². The second-order valence-electron chi connectivity index (χ2n) is 6.82. The Labute approximate surface area is 161 Å². The molecule has 3 aromatic rings. The van der Waals surface area contributed by atoms with Gasteiger partial charge in [0.25, 0.3) is 5.56 Å². The molecule has 0 spiro atoms. The average molecular weight is 408 g/mol. The summed E-state index contributed by atoms with van der Waals surface area (Å²) in [7, 11) is 0. The normalized spacial score (nSPS) is 19.0. The molecule has 0 aromatic carbocycles. The van der Waals surface area contributed by atoms with Crippen LogP contribution in [0.1, 0.15) is 35.0 Å². The van der Waals surface area contributed by atoms with Gasteiger partial charge in [-0.05, 0) is 31.0 Å². The van der Waals surface area contributed by atoms with Crippen LogP contribution in [0, 0.1) is 24.2 Å². The second kappa shape index (κ2) is 6.34. The highest BCUT2D eigenvalue weighted by Gasteiger charge is 2.40. The van der Waals surface area contributed by atoms with E-state index in [-0.39, 0.29) is 34.8 Å². The lowest BCUT2D eigenvalue weighted by Gasteiger charge is -2.11. The summed E-state index contributed by atoms with van der Waals surface area (Å²) in [5.41, 5.74) is 0.747. The van der Waals surface area contributed by atoms with E-state index in [0.29, 0.717) is 12.1 Å². The van der Waals surface area contributed by atoms with E-state index in [1.54, 1.807) is 6.07 Å². The minimum atomic E-state index is -4.61. The molecule has 6 nitrogen and oxygen atoms in total. The van der Waals surface area contributed by atoms with Crippen molar-refractivity contribution < 1.29 is 13.2 Å². The second-order valence-corrected chi connectivity index (χ2v) is 7.21. The highest BCUT2D eigenvalue weighted by molar-refractivity contribution is 6.29. The first kappa shape index (κ1) is 18.5. The van der Waals surface area contributed by atoms with Crippen molar-refractivity contribution in [3.63, 3.8) is 0 Å². The third-order valence-corrected chi connectivity index (χ3v) is 4.96. The van der Waals surface area contributed by atoms with Gasteiger partial charge in [-0.25, -0.2) is 9.67 Å². The number of alkyl halides is 3. The van der Waals surface area contributed by atoms with Crippen LogP contribution in [0.25, 0.3) is 5.65 Å². The lowest BCUT2D eigenvalue weighted by molar-refractivity contribution is -0.141. The van der Waals surface area contributed by atoms with E-state index in [9.17, 15) is 18.0 Å². The standard InChI is InChI=1S/C18H13ClF3N5O/c1-9-2-13(12-4-10(12)7-23)27-16(3-9)24-11(5-17(27)28)8-26-15(19)6-14(25-26)18(20,21)22/h2-3,5-6,10,12H,4,8H2,1H3/t10-,12?/m1/s1. The molecule has 0 N–H and O–H groups in total. The maximum Gasteiger partial charge on any atom is 0.435 e. The molecule has 10 heteroatoms. The van der Waals surface area contributed by atoms with Crippen LogP contribution in [0.2, 0.25) is 5.15 Å². The van der Waals surface area contributed by atoms with Gasteiger partial charge < -0.3 is 0 Å². The van der Waals surface area contributed by atoms with Crippen LogP contribution in [0.3, 0.4) is 0 Å². The average Bonchev–Trinajstić information content (AvgIpc) is 3.29. The fourth-order valence-electron chi connectivity index (χ4n) is 3.26. The van der Waals surface area contributed by atoms with Gasteiger partial charge in [0.2, 0.25) is 0 Å². The molecule has 0 bridgehead atoms. The van der Waals surface area contributed by atoms with Crippen LogP contribution in [0.4, 0.5) is 13.2 Å². The summed E-state index contributed by atoms with van der Waals surface area (Å²) in [6.45, 7) is 1.68. The van der Waals surface area contributed by atoms with Gasteiger partial charge in [-0.2, -0.15) is 23.5 Å². The predicted octanol–water partition coefficient (Wildman–Crippen LogP) is 3.55. The fraction of sp³-hybridized carbons (Fsp3) is 0.333. The van der Waals surface area contributed by atoms with Crippen molar-refractivity contribution in [3.05, 3.63) is 62.4 Å². The molecule has 1 aliphatic rings. The zero-order valence-electron chi connectivity index (χ0n) is 14.5. The number of aromatic nitrogens is 4. The highest BCUT2D eigenvalue weighted by atomic mass is 35.5. The van der Waals surface area contributed by atoms with Crippen molar-refractivity contribution in [2.75, 3.05) is 0 Å². The summed E-state index contributed by atoms with van der Waals surface area (Å²) in [6, 6.07) is 7.75. The minimum Gasteiger partial charge on any atom is -0.269 e. The summed E-state index contributed by atoms with van der Waals surface area (Å²) in [4.78, 5) is 17.1. The van der Waals surface area contributed by atoms with Crippen molar-refractivity contribution in [2.45, 2.75) is 32.0 Å². The summed E-state index contributed by atoms with van der Waals surface area (Å²) in [6.07, 6.45) is -3.93. The molecule has 0 radical (unpaired) electrons. The topological polar surface area (TPSA) is 76.0 Å². The zero-order valence-corrected chi connectivity index (χ0v) is 15.3. The maximum absolute atomic E-state index is 12.8. The van der Waals surface area contributed by atoms with Gasteiger partial charge in [0, 0.05) is 23.7 Å². The Balaban J connectivity index is 1.76. The number of halogens is 4. The van der Waals surface area contributed by atoms with Gasteiger partial charge in [-0.3, -0.25) is 9.20 Å². The van der Waals surface area contributed by atoms with Crippen LogP contribution >= 0.6 is 11.6 Å². The van der Waals surface area contributed by atoms with Crippen LogP contribution in [0.15, 0.2) is 29.1 Å². The SMILES string of the molecule is Cc1cc(C2C[C@@H]2C#N)n2c(=O)cc(Cn3nc(C(F)(F)F)cc3Cl)nc2c1. The molecule has 28 heavy (non-hydrogen) atoms. The van der Waals surface area contributed by atoms with E-state index < -0.39 is 11.9 Å². The number of nitrogens with zero attached hydrogens (tertiary/aromatic N) is 5. The molecule has 144 valence electrons. The largest absolute Gasteiger partial charge is 0.435 e. The number of hydrogen-bond acceptors (Lipinski definition) is 4. The first-order valence-electron chi connectivity index (χ1n) is 8.41. The van der Waals surface area contributed by atoms with Crippen LogP contribution in [0.5, 0.6) is 0 Å². The molecule has 4 rings (SSSR count). The summed E-state index contributed by atoms with van der Waals surface area (Å²) >= 11 is 5.85. The zero-order chi connectivity index (χ0) is 20.2. The van der Waals surface area contributed by atoms with Gasteiger partial charge in [-0.1, -0.05) is 11.6 Å². The molecular weight excluding hydrogens is 395 g/mol. The third-order valence-electron chi connectivity index (χ3n) is 4.66. The number of fused-ring (bicyclic) bond motifs is 1. The van der Waals surface area contributed by atoms with Crippen molar-refractivity contribution >= 4 is 17.2 Å². The van der Waals surface area contributed by atoms with Crippen molar-refractivity contribution in [2.24, 2.45) is 5.92 Å². The number of rotatable bonds is 3. The summed E-state index contributed by atoms with van der Waals surface area (Å²) < 4.78 is 40.8. The van der Waals surface area contributed by atoms with Gasteiger partial charge in [-0.15, -0.1) is 0 Å². The van der Waals surface area contributed by atoms with Crippen molar-refractivity contribution in [1.82, 2.24) is 19.2 Å². The Morgan fingerprint density at radius 1 is 1.32 bits per heavy atom. The minimum absolute atomic E-state index is 0.0207. The molecular formula is C18H13ClF3N5O. The summed E-state index contributed by atoms with van der Waals surface area (Å²) in [5, 5.41) is 12.3. The Hall–Kier alpha value is -2.86. The number of pyridine rings is 1. The summed E-state index contributed by atoms with van der Waals surface area (Å²) in [5.74, 6) is -0.145. The first-order valence-corrected chi connectivity index (χ1v) is 8.78. The maximum atomic E-state index is 12.8. The number of hydrogen-bond donors (Lipinski definition) is 0. The van der Waals surface area contributed by atoms with E-state index in [1.165, 1.54) is 10.5 Å². The molecule has 3 heterocycles. The molecule has 3 aromatic heterocycles. The van der Waals surface area contributed by atoms with E-state index in [0.717, 1.165) is 22.0 Å². The number of aryl methyl sites for hydroxylation is 1. The molecule has 1 unspecified atom stereocenters. The van der Waals surface area contributed by atoms with Crippen molar-refractivity contribution in [1.29, 1.82) is 5.26 Å². The third kappa shape index (κ3) is 3.24. The Morgan fingerprint density at radius 2 is 2.07 bits per heavy atom. The van der Waals surface area contributed by atoms with Crippen LogP contribution in [-0.2, 0) is 12.7 Å². The van der Waals surface area contributed by atoms with Crippen LogP contribution < -0.4 is 5.56 Å².